The fraction of sp³-hybridized carbons (Fsp3) is 0.583. The molecule has 5 heteroatoms. The minimum Gasteiger partial charge on any atom is -0.377 e. The van der Waals surface area contributed by atoms with Gasteiger partial charge in [0, 0.05) is 24.6 Å². The maximum Gasteiger partial charge on any atom is 0.165 e. The van der Waals surface area contributed by atoms with E-state index in [1.54, 1.807) is 12.3 Å². The molecule has 0 amide bonds. The van der Waals surface area contributed by atoms with Gasteiger partial charge in [-0.2, -0.15) is 0 Å². The van der Waals surface area contributed by atoms with Crippen LogP contribution in [0, 0.1) is 5.82 Å². The van der Waals surface area contributed by atoms with Crippen LogP contribution in [0.5, 0.6) is 0 Å². The van der Waals surface area contributed by atoms with Gasteiger partial charge in [-0.1, -0.05) is 15.9 Å². The second kappa shape index (κ2) is 6.31. The van der Waals surface area contributed by atoms with E-state index in [1.165, 1.54) is 6.07 Å². The molecule has 2 heterocycles. The first-order valence-corrected chi connectivity index (χ1v) is 6.96. The van der Waals surface area contributed by atoms with E-state index >= 15 is 0 Å². The van der Waals surface area contributed by atoms with Crippen molar-refractivity contribution < 1.29 is 9.13 Å². The summed E-state index contributed by atoms with van der Waals surface area (Å²) in [6.07, 6.45) is 3.80. The summed E-state index contributed by atoms with van der Waals surface area (Å²) in [6, 6.07) is 3.07. The Kier molecular flexibility index (Phi) is 4.74. The van der Waals surface area contributed by atoms with Crippen LogP contribution in [-0.2, 0) is 4.74 Å². The minimum atomic E-state index is -0.243. The molecule has 0 aromatic carbocycles. The Hall–Kier alpha value is -0.680. The molecule has 2 rings (SSSR count). The Labute approximate surface area is 109 Å². The number of piperidine rings is 1. The maximum absolute atomic E-state index is 13.5. The van der Waals surface area contributed by atoms with E-state index in [0.29, 0.717) is 11.9 Å². The predicted molar refractivity (Wildman–Crippen MR) is 69.2 cm³/mol. The molecule has 0 radical (unpaired) electrons. The third-order valence-electron chi connectivity index (χ3n) is 2.91. The second-order valence-corrected chi connectivity index (χ2v) is 4.85. The summed E-state index contributed by atoms with van der Waals surface area (Å²) in [5.41, 5.74) is 0. The summed E-state index contributed by atoms with van der Waals surface area (Å²) in [7, 11) is 0. The van der Waals surface area contributed by atoms with Crippen molar-refractivity contribution in [2.45, 2.75) is 18.9 Å². The fourth-order valence-electron chi connectivity index (χ4n) is 2.06. The van der Waals surface area contributed by atoms with Gasteiger partial charge in [0.25, 0.3) is 0 Å². The molecule has 1 aromatic rings. The first-order chi connectivity index (χ1) is 8.31. The SMILES string of the molecule is Fc1cccnc1N1CCC(OCCBr)CC1. The summed E-state index contributed by atoms with van der Waals surface area (Å²) < 4.78 is 19.2. The zero-order valence-electron chi connectivity index (χ0n) is 9.61. The molecule has 0 atom stereocenters. The number of halogens is 2. The van der Waals surface area contributed by atoms with Gasteiger partial charge < -0.3 is 9.64 Å². The summed E-state index contributed by atoms with van der Waals surface area (Å²) in [5, 5.41) is 0.863. The molecule has 1 saturated heterocycles. The molecule has 0 unspecified atom stereocenters. The quantitative estimate of drug-likeness (QED) is 0.800. The van der Waals surface area contributed by atoms with E-state index in [2.05, 4.69) is 20.9 Å². The van der Waals surface area contributed by atoms with Crippen LogP contribution in [-0.4, -0.2) is 36.1 Å². The number of aromatic nitrogens is 1. The van der Waals surface area contributed by atoms with Crippen LogP contribution in [0.2, 0.25) is 0 Å². The number of rotatable bonds is 4. The van der Waals surface area contributed by atoms with Gasteiger partial charge >= 0.3 is 0 Å². The highest BCUT2D eigenvalue weighted by Crippen LogP contribution is 2.21. The van der Waals surface area contributed by atoms with E-state index in [4.69, 9.17) is 4.74 Å². The van der Waals surface area contributed by atoms with E-state index in [0.717, 1.165) is 37.9 Å². The number of pyridine rings is 1. The van der Waals surface area contributed by atoms with Crippen molar-refractivity contribution in [1.29, 1.82) is 0 Å². The maximum atomic E-state index is 13.5. The van der Waals surface area contributed by atoms with Crippen LogP contribution in [0.25, 0.3) is 0 Å². The Morgan fingerprint density at radius 2 is 2.24 bits per heavy atom. The molecule has 1 aromatic heterocycles. The summed E-state index contributed by atoms with van der Waals surface area (Å²) in [5.74, 6) is 0.221. The van der Waals surface area contributed by atoms with Gasteiger partial charge in [-0.05, 0) is 25.0 Å². The second-order valence-electron chi connectivity index (χ2n) is 4.06. The highest BCUT2D eigenvalue weighted by Gasteiger charge is 2.22. The zero-order chi connectivity index (χ0) is 12.1. The molecule has 1 aliphatic rings. The smallest absolute Gasteiger partial charge is 0.165 e. The van der Waals surface area contributed by atoms with E-state index in [9.17, 15) is 4.39 Å². The van der Waals surface area contributed by atoms with Crippen LogP contribution < -0.4 is 4.90 Å². The molecule has 1 aliphatic heterocycles. The molecule has 0 N–H and O–H groups in total. The van der Waals surface area contributed by atoms with Gasteiger partial charge in [0.15, 0.2) is 11.6 Å². The van der Waals surface area contributed by atoms with Crippen LogP contribution in [0.15, 0.2) is 18.3 Å². The molecule has 0 bridgehead atoms. The third-order valence-corrected chi connectivity index (χ3v) is 3.24. The number of nitrogens with zero attached hydrogens (tertiary/aromatic N) is 2. The Balaban J connectivity index is 1.89. The van der Waals surface area contributed by atoms with Crippen molar-refractivity contribution in [3.63, 3.8) is 0 Å². The standard InChI is InChI=1S/C12H16BrFN2O/c13-5-9-17-10-3-7-16(8-4-10)12-11(14)2-1-6-15-12/h1-2,6,10H,3-5,7-9H2. The normalized spacial score (nSPS) is 17.4. The summed E-state index contributed by atoms with van der Waals surface area (Å²) in [6.45, 7) is 2.35. The van der Waals surface area contributed by atoms with Gasteiger partial charge in [-0.3, -0.25) is 0 Å². The van der Waals surface area contributed by atoms with Gasteiger partial charge in [0.05, 0.1) is 12.7 Å². The van der Waals surface area contributed by atoms with E-state index in [1.807, 2.05) is 4.90 Å². The minimum absolute atomic E-state index is 0.243. The third kappa shape index (κ3) is 3.39. The van der Waals surface area contributed by atoms with Gasteiger partial charge in [0.1, 0.15) is 0 Å². The van der Waals surface area contributed by atoms with E-state index in [-0.39, 0.29) is 5.82 Å². The molecule has 17 heavy (non-hydrogen) atoms. The van der Waals surface area contributed by atoms with Crippen molar-refractivity contribution in [2.24, 2.45) is 0 Å². The lowest BCUT2D eigenvalue weighted by Gasteiger charge is -2.32. The fourth-order valence-corrected chi connectivity index (χ4v) is 2.24. The Morgan fingerprint density at radius 3 is 2.88 bits per heavy atom. The number of anilines is 1. The Bertz CT molecular complexity index is 356. The number of hydrogen-bond acceptors (Lipinski definition) is 3. The van der Waals surface area contributed by atoms with Crippen molar-refractivity contribution in [3.8, 4) is 0 Å². The van der Waals surface area contributed by atoms with Crippen molar-refractivity contribution in [1.82, 2.24) is 4.98 Å². The zero-order valence-corrected chi connectivity index (χ0v) is 11.2. The molecular weight excluding hydrogens is 287 g/mol. The van der Waals surface area contributed by atoms with Gasteiger partial charge in [-0.25, -0.2) is 9.37 Å². The van der Waals surface area contributed by atoms with Crippen molar-refractivity contribution in [3.05, 3.63) is 24.1 Å². The average molecular weight is 303 g/mol. The van der Waals surface area contributed by atoms with E-state index < -0.39 is 0 Å². The molecule has 1 fully saturated rings. The number of hydrogen-bond donors (Lipinski definition) is 0. The highest BCUT2D eigenvalue weighted by atomic mass is 79.9. The highest BCUT2D eigenvalue weighted by molar-refractivity contribution is 9.09. The van der Waals surface area contributed by atoms with Crippen LogP contribution in [0.4, 0.5) is 10.2 Å². The monoisotopic (exact) mass is 302 g/mol. The van der Waals surface area contributed by atoms with Gasteiger partial charge in [-0.15, -0.1) is 0 Å². The lowest BCUT2D eigenvalue weighted by molar-refractivity contribution is 0.0479. The molecule has 3 nitrogen and oxygen atoms in total. The predicted octanol–water partition coefficient (Wildman–Crippen LogP) is 2.60. The van der Waals surface area contributed by atoms with Crippen LogP contribution in [0.1, 0.15) is 12.8 Å². The lowest BCUT2D eigenvalue weighted by Crippen LogP contribution is -2.38. The summed E-state index contributed by atoms with van der Waals surface area (Å²) in [4.78, 5) is 6.08. The topological polar surface area (TPSA) is 25.4 Å². The largest absolute Gasteiger partial charge is 0.377 e. The Morgan fingerprint density at radius 1 is 1.47 bits per heavy atom. The number of ether oxygens (including phenoxy) is 1. The summed E-state index contributed by atoms with van der Waals surface area (Å²) >= 11 is 3.34. The molecule has 0 aliphatic carbocycles. The molecule has 0 saturated carbocycles. The molecule has 0 spiro atoms. The first kappa shape index (κ1) is 12.8. The van der Waals surface area contributed by atoms with Gasteiger partial charge in [0.2, 0.25) is 0 Å². The average Bonchev–Trinajstić information content (AvgIpc) is 2.38. The molecule has 94 valence electrons. The molecular formula is C12H16BrFN2O. The van der Waals surface area contributed by atoms with Crippen molar-refractivity contribution in [2.75, 3.05) is 29.9 Å². The van der Waals surface area contributed by atoms with Crippen LogP contribution >= 0.6 is 15.9 Å². The van der Waals surface area contributed by atoms with Crippen LogP contribution in [0.3, 0.4) is 0 Å². The van der Waals surface area contributed by atoms with Crippen molar-refractivity contribution >= 4 is 21.7 Å². The first-order valence-electron chi connectivity index (χ1n) is 5.84. The number of alkyl halides is 1. The lowest BCUT2D eigenvalue weighted by atomic mass is 10.1.